The Hall–Kier alpha value is -1.58. The molecule has 1 aromatic rings. The van der Waals surface area contributed by atoms with Gasteiger partial charge in [0.15, 0.2) is 0 Å². The molecule has 0 unspecified atom stereocenters. The molecule has 1 aliphatic carbocycles. The Balaban J connectivity index is 0.00000101. The largest absolute Gasteiger partial charge is 0.483 e. The second-order valence-corrected chi connectivity index (χ2v) is 10.7. The molecule has 1 aliphatic heterocycles. The first-order valence-electron chi connectivity index (χ1n) is 9.70. The summed E-state index contributed by atoms with van der Waals surface area (Å²) in [5.41, 5.74) is 0. The zero-order valence-corrected chi connectivity index (χ0v) is 18.8. The van der Waals surface area contributed by atoms with Crippen molar-refractivity contribution in [2.75, 3.05) is 33.2 Å². The SMILES string of the molecule is CCn1cc(S(=O)(=O)N[C@H]2CC[C@@H](NS(=O)(=O)N3CCN(C)CC3)C2)cn1.O=CO. The normalized spacial score (nSPS) is 23.7. The van der Waals surface area contributed by atoms with Gasteiger partial charge in [0.2, 0.25) is 10.0 Å². The lowest BCUT2D eigenvalue weighted by atomic mass is 10.2. The van der Waals surface area contributed by atoms with Crippen LogP contribution in [0.3, 0.4) is 0 Å². The Kier molecular flexibility index (Phi) is 8.75. The van der Waals surface area contributed by atoms with Gasteiger partial charge in [-0.3, -0.25) is 9.48 Å². The monoisotopic (exact) mass is 466 g/mol. The molecule has 3 rings (SSSR count). The predicted octanol–water partition coefficient (Wildman–Crippen LogP) is -1.11. The number of aryl methyl sites for hydroxylation is 1. The number of hydrogen-bond acceptors (Lipinski definition) is 7. The van der Waals surface area contributed by atoms with E-state index in [0.717, 1.165) is 0 Å². The standard InChI is InChI=1S/C15H28N6O4S2.CH2O2/c1-3-20-12-15(11-16-20)26(22,23)17-13-4-5-14(10-13)18-27(24,25)21-8-6-19(2)7-9-21;2-1-3/h11-14,17-18H,3-10H2,1-2H3;1H,(H,2,3)/t13-,14+;/m0./s1. The Morgan fingerprint density at radius 3 is 2.23 bits per heavy atom. The van der Waals surface area contributed by atoms with Crippen LogP contribution in [0.1, 0.15) is 26.2 Å². The summed E-state index contributed by atoms with van der Waals surface area (Å²) < 4.78 is 58.5. The lowest BCUT2D eigenvalue weighted by Crippen LogP contribution is -2.52. The van der Waals surface area contributed by atoms with Crippen molar-refractivity contribution in [1.29, 1.82) is 0 Å². The van der Waals surface area contributed by atoms with Gasteiger partial charge in [0.25, 0.3) is 16.7 Å². The van der Waals surface area contributed by atoms with Crippen LogP contribution >= 0.6 is 0 Å². The van der Waals surface area contributed by atoms with Crippen LogP contribution in [0, 0.1) is 0 Å². The van der Waals surface area contributed by atoms with E-state index in [1.165, 1.54) is 16.7 Å². The van der Waals surface area contributed by atoms with E-state index < -0.39 is 20.2 Å². The molecular weight excluding hydrogens is 436 g/mol. The number of likely N-dealkylation sites (N-methyl/N-ethyl adjacent to an activating group) is 1. The van der Waals surface area contributed by atoms with Crippen molar-refractivity contribution < 1.29 is 26.7 Å². The first-order valence-corrected chi connectivity index (χ1v) is 12.6. The highest BCUT2D eigenvalue weighted by Gasteiger charge is 2.34. The van der Waals surface area contributed by atoms with Gasteiger partial charge in [-0.1, -0.05) is 0 Å². The first-order chi connectivity index (χ1) is 14.1. The molecule has 2 atom stereocenters. The van der Waals surface area contributed by atoms with Gasteiger partial charge in [-0.15, -0.1) is 0 Å². The van der Waals surface area contributed by atoms with Crippen molar-refractivity contribution in [3.05, 3.63) is 12.4 Å². The third kappa shape index (κ3) is 6.72. The summed E-state index contributed by atoms with van der Waals surface area (Å²) >= 11 is 0. The van der Waals surface area contributed by atoms with Crippen molar-refractivity contribution in [1.82, 2.24) is 28.4 Å². The Morgan fingerprint density at radius 1 is 1.13 bits per heavy atom. The zero-order chi connectivity index (χ0) is 22.4. The van der Waals surface area contributed by atoms with Crippen LogP contribution < -0.4 is 9.44 Å². The van der Waals surface area contributed by atoms with Crippen molar-refractivity contribution in [3.63, 3.8) is 0 Å². The van der Waals surface area contributed by atoms with Crippen molar-refractivity contribution in [3.8, 4) is 0 Å². The molecule has 1 aromatic heterocycles. The van der Waals surface area contributed by atoms with Crippen LogP contribution in [0.4, 0.5) is 0 Å². The van der Waals surface area contributed by atoms with Gasteiger partial charge < -0.3 is 10.0 Å². The fourth-order valence-corrected chi connectivity index (χ4v) is 6.12. The van der Waals surface area contributed by atoms with Crippen LogP contribution in [-0.2, 0) is 31.6 Å². The number of sulfonamides is 1. The quantitative estimate of drug-likeness (QED) is 0.427. The number of carboxylic acid groups (broad SMARTS) is 1. The summed E-state index contributed by atoms with van der Waals surface area (Å²) in [6.07, 6.45) is 4.46. The molecular formula is C16H30N6O6S2. The van der Waals surface area contributed by atoms with Crippen molar-refractivity contribution in [2.45, 2.75) is 49.7 Å². The van der Waals surface area contributed by atoms with E-state index in [4.69, 9.17) is 9.90 Å². The molecule has 2 aliphatic rings. The van der Waals surface area contributed by atoms with Gasteiger partial charge in [-0.05, 0) is 33.2 Å². The summed E-state index contributed by atoms with van der Waals surface area (Å²) in [5.74, 6) is 0. The summed E-state index contributed by atoms with van der Waals surface area (Å²) in [5, 5.41) is 10.9. The third-order valence-electron chi connectivity index (χ3n) is 5.12. The van der Waals surface area contributed by atoms with Crippen molar-refractivity contribution in [2.24, 2.45) is 0 Å². The average Bonchev–Trinajstić information content (AvgIpc) is 3.32. The number of rotatable bonds is 7. The van der Waals surface area contributed by atoms with Gasteiger partial charge in [-0.2, -0.15) is 22.5 Å². The van der Waals surface area contributed by atoms with E-state index in [9.17, 15) is 16.8 Å². The maximum absolute atomic E-state index is 12.5. The molecule has 0 radical (unpaired) electrons. The molecule has 0 amide bonds. The van der Waals surface area contributed by atoms with Crippen molar-refractivity contribution >= 4 is 26.7 Å². The maximum Gasteiger partial charge on any atom is 0.290 e. The Morgan fingerprint density at radius 2 is 1.70 bits per heavy atom. The molecule has 30 heavy (non-hydrogen) atoms. The van der Waals surface area contributed by atoms with Gasteiger partial charge >= 0.3 is 0 Å². The highest BCUT2D eigenvalue weighted by molar-refractivity contribution is 7.89. The minimum Gasteiger partial charge on any atom is -0.483 e. The number of piperazine rings is 1. The van der Waals surface area contributed by atoms with E-state index >= 15 is 0 Å². The smallest absolute Gasteiger partial charge is 0.290 e. The molecule has 14 heteroatoms. The number of carbonyl (C=O) groups is 1. The fourth-order valence-electron chi connectivity index (χ4n) is 3.45. The highest BCUT2D eigenvalue weighted by atomic mass is 32.2. The molecule has 172 valence electrons. The lowest BCUT2D eigenvalue weighted by molar-refractivity contribution is -0.122. The minimum absolute atomic E-state index is 0.130. The van der Waals surface area contributed by atoms with Crippen LogP contribution in [-0.4, -0.2) is 92.7 Å². The first kappa shape index (κ1) is 24.7. The molecule has 0 spiro atoms. The van der Waals surface area contributed by atoms with E-state index in [2.05, 4.69) is 19.4 Å². The summed E-state index contributed by atoms with van der Waals surface area (Å²) in [6, 6.07) is -0.555. The predicted molar refractivity (Wildman–Crippen MR) is 109 cm³/mol. The Labute approximate surface area is 177 Å². The molecule has 0 aromatic carbocycles. The van der Waals surface area contributed by atoms with Gasteiger partial charge in [-0.25, -0.2) is 13.1 Å². The third-order valence-corrected chi connectivity index (χ3v) is 8.27. The van der Waals surface area contributed by atoms with Gasteiger partial charge in [0.1, 0.15) is 4.90 Å². The van der Waals surface area contributed by atoms with E-state index in [1.54, 1.807) is 4.68 Å². The molecule has 12 nitrogen and oxygen atoms in total. The molecule has 3 N–H and O–H groups in total. The molecule has 2 heterocycles. The number of hydrogen-bond donors (Lipinski definition) is 3. The summed E-state index contributed by atoms with van der Waals surface area (Å²) in [4.78, 5) is 10.6. The lowest BCUT2D eigenvalue weighted by Gasteiger charge is -2.32. The van der Waals surface area contributed by atoms with E-state index in [1.807, 2.05) is 14.0 Å². The second-order valence-electron chi connectivity index (χ2n) is 7.29. The highest BCUT2D eigenvalue weighted by Crippen LogP contribution is 2.22. The summed E-state index contributed by atoms with van der Waals surface area (Å²) in [7, 11) is -5.23. The maximum atomic E-state index is 12.5. The van der Waals surface area contributed by atoms with E-state index in [-0.39, 0.29) is 23.5 Å². The fraction of sp³-hybridized carbons (Fsp3) is 0.750. The van der Waals surface area contributed by atoms with Crippen LogP contribution in [0.25, 0.3) is 0 Å². The van der Waals surface area contributed by atoms with Crippen LogP contribution in [0.2, 0.25) is 0 Å². The Bertz CT molecular complexity index is 895. The molecule has 2 fully saturated rings. The molecule has 1 saturated heterocycles. The zero-order valence-electron chi connectivity index (χ0n) is 17.1. The number of nitrogens with zero attached hydrogens (tertiary/aromatic N) is 4. The minimum atomic E-state index is -3.65. The van der Waals surface area contributed by atoms with Gasteiger partial charge in [0, 0.05) is 51.0 Å². The second kappa shape index (κ2) is 10.6. The number of aromatic nitrogens is 2. The van der Waals surface area contributed by atoms with Crippen LogP contribution in [0.15, 0.2) is 17.3 Å². The topological polar surface area (TPSA) is 154 Å². The summed E-state index contributed by atoms with van der Waals surface area (Å²) in [6.45, 7) is 4.57. The van der Waals surface area contributed by atoms with Crippen LogP contribution in [0.5, 0.6) is 0 Å². The molecule has 0 bridgehead atoms. The average molecular weight is 467 g/mol. The van der Waals surface area contributed by atoms with E-state index in [0.29, 0.717) is 52.0 Å². The molecule has 1 saturated carbocycles. The number of nitrogens with one attached hydrogen (secondary N) is 2. The van der Waals surface area contributed by atoms with Gasteiger partial charge in [0.05, 0.1) is 6.20 Å².